The van der Waals surface area contributed by atoms with E-state index < -0.39 is 17.6 Å². The van der Waals surface area contributed by atoms with E-state index in [1.807, 2.05) is 0 Å². The lowest BCUT2D eigenvalue weighted by atomic mass is 10.1. The first-order valence-corrected chi connectivity index (χ1v) is 5.62. The monoisotopic (exact) mass is 258 g/mol. The highest BCUT2D eigenvalue weighted by molar-refractivity contribution is 6.00. The standard InChI is InChI=1S/C12H13F3N2O/c1-16-10-8(11(18)17-7-5-6-7)3-2-4-9(10)12(13,14)15/h2-4,7,16H,5-6H2,1H3,(H,17,18). The normalized spacial score (nSPS) is 15.3. The molecule has 0 unspecified atom stereocenters. The van der Waals surface area contributed by atoms with Crippen molar-refractivity contribution in [3.63, 3.8) is 0 Å². The Morgan fingerprint density at radius 2 is 2.00 bits per heavy atom. The second-order valence-electron chi connectivity index (χ2n) is 4.22. The van der Waals surface area contributed by atoms with Crippen molar-refractivity contribution in [2.45, 2.75) is 25.1 Å². The first kappa shape index (κ1) is 12.7. The van der Waals surface area contributed by atoms with Crippen LogP contribution in [0.5, 0.6) is 0 Å². The van der Waals surface area contributed by atoms with Crippen molar-refractivity contribution in [3.05, 3.63) is 29.3 Å². The molecule has 0 spiro atoms. The molecule has 0 bridgehead atoms. The quantitative estimate of drug-likeness (QED) is 0.875. The van der Waals surface area contributed by atoms with Gasteiger partial charge in [-0.25, -0.2) is 0 Å². The van der Waals surface area contributed by atoms with Gasteiger partial charge in [0.2, 0.25) is 0 Å². The predicted octanol–water partition coefficient (Wildman–Crippen LogP) is 2.64. The van der Waals surface area contributed by atoms with Gasteiger partial charge in [0, 0.05) is 13.1 Å². The van der Waals surface area contributed by atoms with Crippen LogP contribution in [0.25, 0.3) is 0 Å². The molecule has 0 aromatic heterocycles. The molecule has 3 nitrogen and oxygen atoms in total. The van der Waals surface area contributed by atoms with Gasteiger partial charge in [0.25, 0.3) is 5.91 Å². The minimum Gasteiger partial charge on any atom is -0.387 e. The number of carbonyl (C=O) groups excluding carboxylic acids is 1. The number of benzene rings is 1. The van der Waals surface area contributed by atoms with Gasteiger partial charge in [0.15, 0.2) is 0 Å². The minimum absolute atomic E-state index is 0.0271. The highest BCUT2D eigenvalue weighted by Crippen LogP contribution is 2.36. The summed E-state index contributed by atoms with van der Waals surface area (Å²) >= 11 is 0. The third kappa shape index (κ3) is 2.57. The van der Waals surface area contributed by atoms with Crippen LogP contribution >= 0.6 is 0 Å². The van der Waals surface area contributed by atoms with Crippen molar-refractivity contribution in [2.75, 3.05) is 12.4 Å². The fourth-order valence-corrected chi connectivity index (χ4v) is 1.74. The number of anilines is 1. The van der Waals surface area contributed by atoms with Gasteiger partial charge in [-0.15, -0.1) is 0 Å². The minimum atomic E-state index is -4.48. The van der Waals surface area contributed by atoms with Crippen molar-refractivity contribution in [1.29, 1.82) is 0 Å². The van der Waals surface area contributed by atoms with Gasteiger partial charge in [0.1, 0.15) is 0 Å². The molecule has 1 amide bonds. The largest absolute Gasteiger partial charge is 0.418 e. The zero-order valence-electron chi connectivity index (χ0n) is 9.77. The summed E-state index contributed by atoms with van der Waals surface area (Å²) in [6, 6.07) is 3.70. The van der Waals surface area contributed by atoms with E-state index in [9.17, 15) is 18.0 Å². The van der Waals surface area contributed by atoms with Crippen molar-refractivity contribution in [2.24, 2.45) is 0 Å². The van der Waals surface area contributed by atoms with Crippen LogP contribution in [0.15, 0.2) is 18.2 Å². The van der Waals surface area contributed by atoms with Crippen LogP contribution in [-0.2, 0) is 6.18 Å². The molecule has 0 radical (unpaired) electrons. The van der Waals surface area contributed by atoms with Gasteiger partial charge in [-0.05, 0) is 25.0 Å². The lowest BCUT2D eigenvalue weighted by Crippen LogP contribution is -2.27. The summed E-state index contributed by atoms with van der Waals surface area (Å²) < 4.78 is 38.3. The molecule has 1 saturated carbocycles. The number of alkyl halides is 3. The molecule has 1 aliphatic carbocycles. The average molecular weight is 258 g/mol. The van der Waals surface area contributed by atoms with Crippen LogP contribution in [0.3, 0.4) is 0 Å². The van der Waals surface area contributed by atoms with Crippen molar-refractivity contribution >= 4 is 11.6 Å². The maximum absolute atomic E-state index is 12.8. The van der Waals surface area contributed by atoms with Gasteiger partial charge < -0.3 is 10.6 Å². The lowest BCUT2D eigenvalue weighted by molar-refractivity contribution is -0.136. The second kappa shape index (κ2) is 4.51. The lowest BCUT2D eigenvalue weighted by Gasteiger charge is -2.16. The van der Waals surface area contributed by atoms with Crippen LogP contribution in [0.4, 0.5) is 18.9 Å². The molecule has 1 fully saturated rings. The van der Waals surface area contributed by atoms with E-state index >= 15 is 0 Å². The fraction of sp³-hybridized carbons (Fsp3) is 0.417. The zero-order chi connectivity index (χ0) is 13.3. The van der Waals surface area contributed by atoms with Gasteiger partial charge in [-0.3, -0.25) is 4.79 Å². The van der Waals surface area contributed by atoms with E-state index in [-0.39, 0.29) is 17.3 Å². The zero-order valence-corrected chi connectivity index (χ0v) is 9.77. The molecule has 2 rings (SSSR count). The molecule has 2 N–H and O–H groups in total. The van der Waals surface area contributed by atoms with Crippen LogP contribution in [0.2, 0.25) is 0 Å². The second-order valence-corrected chi connectivity index (χ2v) is 4.22. The Labute approximate surface area is 102 Å². The summed E-state index contributed by atoms with van der Waals surface area (Å²) in [5, 5.41) is 5.14. The van der Waals surface area contributed by atoms with Crippen molar-refractivity contribution < 1.29 is 18.0 Å². The SMILES string of the molecule is CNc1c(C(=O)NC2CC2)cccc1C(F)(F)F. The number of amides is 1. The Balaban J connectivity index is 2.37. The van der Waals surface area contributed by atoms with E-state index in [4.69, 9.17) is 0 Å². The third-order valence-corrected chi connectivity index (χ3v) is 2.78. The van der Waals surface area contributed by atoms with Crippen LogP contribution in [-0.4, -0.2) is 19.0 Å². The van der Waals surface area contributed by atoms with Crippen LogP contribution < -0.4 is 10.6 Å². The summed E-state index contributed by atoms with van der Waals surface area (Å²) in [5.74, 6) is -0.465. The number of hydrogen-bond donors (Lipinski definition) is 2. The molecule has 18 heavy (non-hydrogen) atoms. The van der Waals surface area contributed by atoms with Gasteiger partial charge >= 0.3 is 6.18 Å². The molecule has 1 aliphatic rings. The number of hydrogen-bond acceptors (Lipinski definition) is 2. The highest BCUT2D eigenvalue weighted by atomic mass is 19.4. The molecule has 1 aromatic rings. The third-order valence-electron chi connectivity index (χ3n) is 2.78. The Hall–Kier alpha value is -1.72. The Morgan fingerprint density at radius 1 is 1.33 bits per heavy atom. The molecule has 98 valence electrons. The van der Waals surface area contributed by atoms with Gasteiger partial charge in [-0.2, -0.15) is 13.2 Å². The summed E-state index contributed by atoms with van der Waals surface area (Å²) in [7, 11) is 1.37. The fourth-order valence-electron chi connectivity index (χ4n) is 1.74. The highest BCUT2D eigenvalue weighted by Gasteiger charge is 2.35. The number of rotatable bonds is 3. The first-order valence-electron chi connectivity index (χ1n) is 5.62. The molecule has 6 heteroatoms. The van der Waals surface area contributed by atoms with Gasteiger partial charge in [-0.1, -0.05) is 6.07 Å². The van der Waals surface area contributed by atoms with Crippen LogP contribution in [0.1, 0.15) is 28.8 Å². The summed E-state index contributed by atoms with van der Waals surface area (Å²) in [4.78, 5) is 11.8. The van der Waals surface area contributed by atoms with E-state index in [0.717, 1.165) is 18.9 Å². The van der Waals surface area contributed by atoms with E-state index in [1.54, 1.807) is 0 Å². The topological polar surface area (TPSA) is 41.1 Å². The predicted molar refractivity (Wildman–Crippen MR) is 61.5 cm³/mol. The molecule has 0 aliphatic heterocycles. The smallest absolute Gasteiger partial charge is 0.387 e. The van der Waals surface area contributed by atoms with E-state index in [1.165, 1.54) is 19.2 Å². The first-order chi connectivity index (χ1) is 8.43. The maximum atomic E-state index is 12.8. The van der Waals surface area contributed by atoms with Gasteiger partial charge in [0.05, 0.1) is 16.8 Å². The molecule has 1 aromatic carbocycles. The van der Waals surface area contributed by atoms with Crippen molar-refractivity contribution in [3.8, 4) is 0 Å². The summed E-state index contributed by atoms with van der Waals surface area (Å²) in [6.07, 6.45) is -2.70. The Bertz CT molecular complexity index is 467. The molecular formula is C12H13F3N2O. The Kier molecular flexibility index (Phi) is 3.19. The summed E-state index contributed by atoms with van der Waals surface area (Å²) in [5.41, 5.74) is -0.976. The molecule has 0 heterocycles. The maximum Gasteiger partial charge on any atom is 0.418 e. The number of halogens is 3. The van der Waals surface area contributed by atoms with Crippen molar-refractivity contribution in [1.82, 2.24) is 5.32 Å². The average Bonchev–Trinajstić information content (AvgIpc) is 3.10. The number of nitrogens with one attached hydrogen (secondary N) is 2. The molecule has 0 saturated heterocycles. The number of para-hydroxylation sites is 1. The summed E-state index contributed by atoms with van der Waals surface area (Å²) in [6.45, 7) is 0. The van der Waals surface area contributed by atoms with E-state index in [2.05, 4.69) is 10.6 Å². The number of carbonyl (C=O) groups is 1. The molecular weight excluding hydrogens is 245 g/mol. The van der Waals surface area contributed by atoms with E-state index in [0.29, 0.717) is 0 Å². The van der Waals surface area contributed by atoms with Crippen LogP contribution in [0, 0.1) is 0 Å². The molecule has 0 atom stereocenters. The Morgan fingerprint density at radius 3 is 2.50 bits per heavy atom.